The summed E-state index contributed by atoms with van der Waals surface area (Å²) in [6.45, 7) is 24.7. The number of hydrogen-bond acceptors (Lipinski definition) is 12. The van der Waals surface area contributed by atoms with Crippen LogP contribution in [0.15, 0.2) is 48.5 Å². The van der Waals surface area contributed by atoms with Gasteiger partial charge in [0.2, 0.25) is 0 Å². The van der Waals surface area contributed by atoms with Crippen molar-refractivity contribution in [1.29, 1.82) is 0 Å². The monoisotopic (exact) mass is 1020 g/mol. The van der Waals surface area contributed by atoms with Crippen LogP contribution in [-0.4, -0.2) is 96.5 Å². The topological polar surface area (TPSA) is 170 Å². The van der Waals surface area contributed by atoms with E-state index in [1.165, 1.54) is 37.7 Å². The number of methoxy groups -OCH3 is 2. The van der Waals surface area contributed by atoms with E-state index in [1.807, 2.05) is 24.3 Å². The summed E-state index contributed by atoms with van der Waals surface area (Å²) in [5.74, 6) is 0.337. The van der Waals surface area contributed by atoms with Gasteiger partial charge < -0.3 is 39.8 Å². The van der Waals surface area contributed by atoms with Crippen LogP contribution in [-0.2, 0) is 76.0 Å². The summed E-state index contributed by atoms with van der Waals surface area (Å²) in [4.78, 5) is 54.2. The molecule has 14 heteroatoms. The fourth-order valence-corrected chi connectivity index (χ4v) is 11.1. The Morgan fingerprint density at radius 3 is 0.972 bits per heavy atom. The van der Waals surface area contributed by atoms with Crippen molar-refractivity contribution in [2.45, 2.75) is 143 Å². The molecule has 1 aliphatic carbocycles. The zero-order valence-electron chi connectivity index (χ0n) is 44.8. The molecule has 2 amide bonds. The van der Waals surface area contributed by atoms with E-state index in [0.29, 0.717) is 45.3 Å². The summed E-state index contributed by atoms with van der Waals surface area (Å²) >= 11 is 2.87. The molecule has 7 rings (SSSR count). The van der Waals surface area contributed by atoms with Gasteiger partial charge in [0, 0.05) is 48.7 Å². The average molecular weight is 1030 g/mol. The van der Waals surface area contributed by atoms with Crippen molar-refractivity contribution >= 4 is 47.3 Å². The highest BCUT2D eigenvalue weighted by atomic mass is 32.2. The third kappa shape index (κ3) is 13.8. The van der Waals surface area contributed by atoms with Crippen LogP contribution in [0.2, 0.25) is 0 Å². The summed E-state index contributed by atoms with van der Waals surface area (Å²) in [7, 11) is 2.54. The van der Waals surface area contributed by atoms with Crippen LogP contribution in [0.4, 0.5) is 0 Å². The molecule has 10 bridgehead atoms. The number of rotatable bonds is 2. The van der Waals surface area contributed by atoms with E-state index >= 15 is 0 Å². The van der Waals surface area contributed by atoms with Crippen molar-refractivity contribution in [3.8, 4) is 23.0 Å². The number of fused-ring (bicyclic) bond motifs is 15. The zero-order valence-corrected chi connectivity index (χ0v) is 46.5. The number of carbonyl (C=O) groups is 4. The summed E-state index contributed by atoms with van der Waals surface area (Å²) in [5, 5.41) is 31.0. The minimum atomic E-state index is -0.983. The lowest BCUT2D eigenvalue weighted by Gasteiger charge is -2.28. The number of phenolic OH excluding ortho intramolecular Hbond substituents is 2. The highest BCUT2D eigenvalue weighted by molar-refractivity contribution is 8.03. The molecule has 4 aromatic carbocycles. The maximum atomic E-state index is 14.0. The van der Waals surface area contributed by atoms with Gasteiger partial charge in [-0.2, -0.15) is 23.5 Å². The van der Waals surface area contributed by atoms with E-state index in [0.717, 1.165) is 44.5 Å². The number of amides is 2. The lowest BCUT2D eigenvalue weighted by molar-refractivity contribution is -0.144. The lowest BCUT2D eigenvalue weighted by atomic mass is 9.79. The highest BCUT2D eigenvalue weighted by Gasteiger charge is 2.31. The van der Waals surface area contributed by atoms with E-state index in [9.17, 15) is 29.4 Å². The maximum Gasteiger partial charge on any atom is 0.329 e. The second-order valence-electron chi connectivity index (χ2n) is 23.3. The van der Waals surface area contributed by atoms with Gasteiger partial charge in [0.1, 0.15) is 35.1 Å². The van der Waals surface area contributed by atoms with Crippen LogP contribution in [0.3, 0.4) is 0 Å². The number of hydrogen-bond donors (Lipinski definition) is 4. The standard InChI is InChI=1S/C58H76N2O10S2/c1-55(2,3)41-21-33-17-37-25-43(57(7,8)9)27-39-19-35-23-42(56(4,5)6)24-36(50(35)64)20-40-28-44(58(10,11)12)26-38(18-34(22-41)49(33)63)52(40)70-30-48(62)60-46(54(66)68-14)32-72-16-15-71-31-45(53(65)67-13)59-47(61)29-69-51(37)39/h21-28,45-46,63-64H,15-20,29-32H2,1-14H3,(H,59,61)(H,60,62). The van der Waals surface area contributed by atoms with Gasteiger partial charge in [0.25, 0.3) is 11.8 Å². The molecule has 2 atom stereocenters. The number of esters is 2. The second-order valence-corrected chi connectivity index (χ2v) is 25.6. The molecule has 0 fully saturated rings. The molecule has 0 aromatic heterocycles. The van der Waals surface area contributed by atoms with Crippen LogP contribution in [0, 0.1) is 0 Å². The van der Waals surface area contributed by atoms with Crippen LogP contribution >= 0.6 is 23.5 Å². The number of nitrogens with one attached hydrogen (secondary N) is 2. The molecule has 72 heavy (non-hydrogen) atoms. The quantitative estimate of drug-likeness (QED) is 0.124. The van der Waals surface area contributed by atoms with Crippen molar-refractivity contribution in [2.24, 2.45) is 0 Å². The molecular weight excluding hydrogens is 949 g/mol. The minimum absolute atomic E-state index is 0.0907. The van der Waals surface area contributed by atoms with E-state index in [2.05, 4.69) is 118 Å². The molecule has 0 radical (unpaired) electrons. The first-order chi connectivity index (χ1) is 33.6. The van der Waals surface area contributed by atoms with Crippen LogP contribution in [0.25, 0.3) is 0 Å². The van der Waals surface area contributed by atoms with Gasteiger partial charge in [-0.1, -0.05) is 132 Å². The zero-order chi connectivity index (χ0) is 53.1. The number of carbonyl (C=O) groups excluding carboxylic acids is 4. The molecule has 12 nitrogen and oxygen atoms in total. The number of benzene rings is 4. The van der Waals surface area contributed by atoms with Gasteiger partial charge in [0.05, 0.1) is 14.2 Å². The third-order valence-electron chi connectivity index (χ3n) is 13.3. The minimum Gasteiger partial charge on any atom is -0.507 e. The van der Waals surface area contributed by atoms with Crippen molar-refractivity contribution < 1.29 is 48.3 Å². The van der Waals surface area contributed by atoms with Gasteiger partial charge in [-0.25, -0.2) is 9.59 Å². The first kappa shape index (κ1) is 56.0. The van der Waals surface area contributed by atoms with E-state index in [1.54, 1.807) is 0 Å². The number of ether oxygens (including phenoxy) is 4. The highest BCUT2D eigenvalue weighted by Crippen LogP contribution is 2.44. The second kappa shape index (κ2) is 22.4. The van der Waals surface area contributed by atoms with Crippen LogP contribution in [0.5, 0.6) is 23.0 Å². The molecule has 3 aliphatic rings. The molecule has 0 saturated heterocycles. The number of phenols is 2. The van der Waals surface area contributed by atoms with E-state index < -0.39 is 49.1 Å². The smallest absolute Gasteiger partial charge is 0.329 e. The van der Waals surface area contributed by atoms with Crippen molar-refractivity contribution in [2.75, 3.05) is 50.4 Å². The van der Waals surface area contributed by atoms with Crippen LogP contribution < -0.4 is 20.1 Å². The maximum absolute atomic E-state index is 14.0. The summed E-state index contributed by atoms with van der Waals surface area (Å²) in [6, 6.07) is 14.5. The Morgan fingerprint density at radius 1 is 0.486 bits per heavy atom. The molecule has 0 spiro atoms. The average Bonchev–Trinajstić information content (AvgIpc) is 3.28. The molecule has 0 saturated carbocycles. The fraction of sp³-hybridized carbons (Fsp3) is 0.517. The van der Waals surface area contributed by atoms with Gasteiger partial charge in [0.15, 0.2) is 13.2 Å². The molecule has 2 aliphatic heterocycles. The Balaban J connectivity index is 1.70. The summed E-state index contributed by atoms with van der Waals surface area (Å²) < 4.78 is 23.6. The van der Waals surface area contributed by atoms with Crippen LogP contribution in [0.1, 0.15) is 150 Å². The Morgan fingerprint density at radius 2 is 0.736 bits per heavy atom. The van der Waals surface area contributed by atoms with Gasteiger partial charge >= 0.3 is 11.9 Å². The first-order valence-corrected chi connectivity index (χ1v) is 27.1. The number of thioether (sulfide) groups is 2. The molecule has 2 heterocycles. The summed E-state index contributed by atoms with van der Waals surface area (Å²) in [6.07, 6.45) is 0.863. The Kier molecular flexibility index (Phi) is 17.4. The molecule has 4 N–H and O–H groups in total. The van der Waals surface area contributed by atoms with Crippen molar-refractivity contribution in [3.63, 3.8) is 0 Å². The first-order valence-electron chi connectivity index (χ1n) is 24.8. The Bertz CT molecular complexity index is 2410. The summed E-state index contributed by atoms with van der Waals surface area (Å²) in [5.41, 5.74) is 8.10. The van der Waals surface area contributed by atoms with Crippen molar-refractivity contribution in [3.05, 3.63) is 115 Å². The number of aromatic hydroxyl groups is 2. The Hall–Kier alpha value is -5.34. The fourth-order valence-electron chi connectivity index (χ4n) is 8.91. The molecular formula is C58H76N2O10S2. The lowest BCUT2D eigenvalue weighted by Crippen LogP contribution is -2.45. The van der Waals surface area contributed by atoms with E-state index in [-0.39, 0.29) is 70.3 Å². The largest absolute Gasteiger partial charge is 0.507 e. The van der Waals surface area contributed by atoms with Gasteiger partial charge in [-0.3, -0.25) is 9.59 Å². The third-order valence-corrected chi connectivity index (χ3v) is 15.7. The van der Waals surface area contributed by atoms with E-state index in [4.69, 9.17) is 18.9 Å². The molecule has 2 unspecified atom stereocenters. The predicted octanol–water partition coefficient (Wildman–Crippen LogP) is 9.52. The SMILES string of the molecule is COC(=O)C1CSCCSCC(C(=O)OC)NC(=O)COc2c3cc(C(C)(C)C)cc2Cc2cc(C(C)(C)C)cc(c2O)Cc2cc(C(C)(C)C)cc(c2OCC(=O)N1)Cc1cc(C(C)(C)C)cc(c1O)C3. The molecule has 4 aromatic rings. The Labute approximate surface area is 435 Å². The molecule has 390 valence electrons. The normalized spacial score (nSPS) is 17.9. The predicted molar refractivity (Wildman–Crippen MR) is 289 cm³/mol. The van der Waals surface area contributed by atoms with Gasteiger partial charge in [-0.05, 0) is 88.4 Å². The van der Waals surface area contributed by atoms with Gasteiger partial charge in [-0.15, -0.1) is 0 Å². The van der Waals surface area contributed by atoms with Crippen molar-refractivity contribution in [1.82, 2.24) is 10.6 Å².